The Morgan fingerprint density at radius 1 is 1.58 bits per heavy atom. The van der Waals surface area contributed by atoms with Crippen molar-refractivity contribution in [2.75, 3.05) is 26.8 Å². The first-order valence-electron chi connectivity index (χ1n) is 7.13. The summed E-state index contributed by atoms with van der Waals surface area (Å²) in [6.07, 6.45) is 4.84. The normalized spacial score (nSPS) is 21.5. The predicted molar refractivity (Wildman–Crippen MR) is 75.8 cm³/mol. The fourth-order valence-corrected chi connectivity index (χ4v) is 2.40. The van der Waals surface area contributed by atoms with Crippen LogP contribution in [0.5, 0.6) is 0 Å². The molecule has 1 saturated heterocycles. The van der Waals surface area contributed by atoms with E-state index in [4.69, 9.17) is 10.5 Å². The predicted octanol–water partition coefficient (Wildman–Crippen LogP) is 1.26. The number of likely N-dealkylation sites (N-methyl/N-ethyl adjacent to an activating group) is 1. The van der Waals surface area contributed by atoms with E-state index in [1.54, 1.807) is 0 Å². The van der Waals surface area contributed by atoms with Crippen LogP contribution in [0.1, 0.15) is 32.0 Å². The molecule has 2 rings (SSSR count). The van der Waals surface area contributed by atoms with E-state index in [0.29, 0.717) is 12.0 Å². The Kier molecular flexibility index (Phi) is 4.96. The van der Waals surface area contributed by atoms with E-state index in [2.05, 4.69) is 35.3 Å². The van der Waals surface area contributed by atoms with Gasteiger partial charge in [-0.15, -0.1) is 0 Å². The minimum Gasteiger partial charge on any atom is -0.381 e. The Morgan fingerprint density at radius 3 is 3.00 bits per heavy atom. The van der Waals surface area contributed by atoms with E-state index in [0.717, 1.165) is 38.4 Å². The Balaban J connectivity index is 1.96. The molecule has 1 aromatic rings. The van der Waals surface area contributed by atoms with Crippen molar-refractivity contribution in [2.24, 2.45) is 11.7 Å². The summed E-state index contributed by atoms with van der Waals surface area (Å²) < 4.78 is 7.61. The molecule has 2 heterocycles. The van der Waals surface area contributed by atoms with Crippen LogP contribution >= 0.6 is 0 Å². The first kappa shape index (κ1) is 14.5. The van der Waals surface area contributed by atoms with Crippen molar-refractivity contribution >= 4 is 0 Å². The molecule has 5 heteroatoms. The second-order valence-electron chi connectivity index (χ2n) is 5.74. The van der Waals surface area contributed by atoms with Gasteiger partial charge in [-0.1, -0.05) is 0 Å². The van der Waals surface area contributed by atoms with Crippen molar-refractivity contribution in [1.82, 2.24) is 14.5 Å². The topological polar surface area (TPSA) is 56.3 Å². The maximum absolute atomic E-state index is 6.36. The van der Waals surface area contributed by atoms with E-state index in [-0.39, 0.29) is 6.04 Å². The van der Waals surface area contributed by atoms with E-state index < -0.39 is 0 Å². The summed E-state index contributed by atoms with van der Waals surface area (Å²) in [4.78, 5) is 6.59. The number of aromatic nitrogens is 2. The van der Waals surface area contributed by atoms with Gasteiger partial charge < -0.3 is 19.9 Å². The maximum Gasteiger partial charge on any atom is 0.0949 e. The minimum atomic E-state index is 0.0364. The van der Waals surface area contributed by atoms with Gasteiger partial charge >= 0.3 is 0 Å². The highest BCUT2D eigenvalue weighted by molar-refractivity contribution is 5.07. The van der Waals surface area contributed by atoms with E-state index in [1.165, 1.54) is 0 Å². The molecule has 0 spiro atoms. The number of nitrogens with two attached hydrogens (primary N) is 1. The Bertz CT molecular complexity index is 385. The molecule has 0 bridgehead atoms. The standard InChI is InChI=1S/C14H26N4O/c1-11(2)17(3)5-6-18-10-16-8-13(18)14(15)12-4-7-19-9-12/h8,10-12,14H,4-7,9,15H2,1-3H3. The van der Waals surface area contributed by atoms with Gasteiger partial charge in [-0.2, -0.15) is 0 Å². The molecule has 0 aliphatic carbocycles. The summed E-state index contributed by atoms with van der Waals surface area (Å²) >= 11 is 0. The Labute approximate surface area is 115 Å². The number of ether oxygens (including phenoxy) is 1. The molecule has 0 amide bonds. The van der Waals surface area contributed by atoms with Gasteiger partial charge in [0.1, 0.15) is 0 Å². The monoisotopic (exact) mass is 266 g/mol. The Morgan fingerprint density at radius 2 is 2.37 bits per heavy atom. The first-order chi connectivity index (χ1) is 9.09. The van der Waals surface area contributed by atoms with E-state index >= 15 is 0 Å². The highest BCUT2D eigenvalue weighted by Gasteiger charge is 2.26. The number of nitrogens with zero attached hydrogens (tertiary/aromatic N) is 3. The summed E-state index contributed by atoms with van der Waals surface area (Å²) in [5.41, 5.74) is 7.49. The molecule has 1 aliphatic rings. The van der Waals surface area contributed by atoms with Gasteiger partial charge in [0.25, 0.3) is 0 Å². The van der Waals surface area contributed by atoms with Crippen LogP contribution in [-0.4, -0.2) is 47.3 Å². The van der Waals surface area contributed by atoms with Crippen molar-refractivity contribution < 1.29 is 4.74 Å². The molecule has 108 valence electrons. The molecule has 0 radical (unpaired) electrons. The molecule has 0 aromatic carbocycles. The third kappa shape index (κ3) is 3.55. The molecule has 2 unspecified atom stereocenters. The largest absolute Gasteiger partial charge is 0.381 e. The van der Waals surface area contributed by atoms with Crippen molar-refractivity contribution in [3.63, 3.8) is 0 Å². The smallest absolute Gasteiger partial charge is 0.0949 e. The minimum absolute atomic E-state index is 0.0364. The second-order valence-corrected chi connectivity index (χ2v) is 5.74. The lowest BCUT2D eigenvalue weighted by Gasteiger charge is -2.23. The zero-order chi connectivity index (χ0) is 13.8. The van der Waals surface area contributed by atoms with Crippen LogP contribution in [0.3, 0.4) is 0 Å². The average molecular weight is 266 g/mol. The van der Waals surface area contributed by atoms with Crippen LogP contribution < -0.4 is 5.73 Å². The summed E-state index contributed by atoms with van der Waals surface area (Å²) in [6.45, 7) is 7.97. The fourth-order valence-electron chi connectivity index (χ4n) is 2.40. The highest BCUT2D eigenvalue weighted by Crippen LogP contribution is 2.26. The van der Waals surface area contributed by atoms with Crippen molar-refractivity contribution in [2.45, 2.75) is 38.9 Å². The van der Waals surface area contributed by atoms with Gasteiger partial charge in [0.2, 0.25) is 0 Å². The summed E-state index contributed by atoms with van der Waals surface area (Å²) in [5, 5.41) is 0. The molecule has 1 aliphatic heterocycles. The fraction of sp³-hybridized carbons (Fsp3) is 0.786. The summed E-state index contributed by atoms with van der Waals surface area (Å²) in [7, 11) is 2.14. The molecule has 0 saturated carbocycles. The van der Waals surface area contributed by atoms with Gasteiger partial charge in [-0.25, -0.2) is 4.98 Å². The molecule has 19 heavy (non-hydrogen) atoms. The highest BCUT2D eigenvalue weighted by atomic mass is 16.5. The molecule has 2 atom stereocenters. The van der Waals surface area contributed by atoms with Gasteiger partial charge in [0.05, 0.1) is 24.7 Å². The SMILES string of the molecule is CC(C)N(C)CCn1cncc1C(N)C1CCOC1. The molecule has 5 nitrogen and oxygen atoms in total. The number of rotatable bonds is 6. The van der Waals surface area contributed by atoms with E-state index in [9.17, 15) is 0 Å². The van der Waals surface area contributed by atoms with Crippen LogP contribution in [0.15, 0.2) is 12.5 Å². The lowest BCUT2D eigenvalue weighted by molar-refractivity contribution is 0.180. The van der Waals surface area contributed by atoms with Gasteiger partial charge in [-0.3, -0.25) is 0 Å². The average Bonchev–Trinajstić information content (AvgIpc) is 3.05. The summed E-state index contributed by atoms with van der Waals surface area (Å²) in [5.74, 6) is 0.429. The van der Waals surface area contributed by atoms with Gasteiger partial charge in [0.15, 0.2) is 0 Å². The Hall–Kier alpha value is -0.910. The first-order valence-corrected chi connectivity index (χ1v) is 7.13. The van der Waals surface area contributed by atoms with Crippen molar-refractivity contribution in [3.8, 4) is 0 Å². The summed E-state index contributed by atoms with van der Waals surface area (Å²) in [6, 6.07) is 0.596. The third-order valence-electron chi connectivity index (χ3n) is 4.13. The van der Waals surface area contributed by atoms with Crippen LogP contribution in [0.25, 0.3) is 0 Å². The van der Waals surface area contributed by atoms with Crippen molar-refractivity contribution in [1.29, 1.82) is 0 Å². The van der Waals surface area contributed by atoms with Gasteiger partial charge in [0, 0.05) is 37.9 Å². The lowest BCUT2D eigenvalue weighted by Crippen LogP contribution is -2.31. The quantitative estimate of drug-likeness (QED) is 0.842. The zero-order valence-corrected chi connectivity index (χ0v) is 12.2. The van der Waals surface area contributed by atoms with Crippen LogP contribution in [-0.2, 0) is 11.3 Å². The third-order valence-corrected chi connectivity index (χ3v) is 4.13. The molecular weight excluding hydrogens is 240 g/mol. The number of imidazole rings is 1. The zero-order valence-electron chi connectivity index (χ0n) is 12.2. The molecule has 1 fully saturated rings. The number of hydrogen-bond acceptors (Lipinski definition) is 4. The maximum atomic E-state index is 6.36. The lowest BCUT2D eigenvalue weighted by atomic mass is 9.97. The second kappa shape index (κ2) is 6.50. The number of hydrogen-bond donors (Lipinski definition) is 1. The van der Waals surface area contributed by atoms with Gasteiger partial charge in [-0.05, 0) is 27.3 Å². The molecular formula is C14H26N4O. The van der Waals surface area contributed by atoms with Crippen LogP contribution in [0, 0.1) is 5.92 Å². The van der Waals surface area contributed by atoms with Crippen LogP contribution in [0.4, 0.5) is 0 Å². The van der Waals surface area contributed by atoms with Crippen LogP contribution in [0.2, 0.25) is 0 Å². The molecule has 2 N–H and O–H groups in total. The van der Waals surface area contributed by atoms with E-state index in [1.807, 2.05) is 12.5 Å². The van der Waals surface area contributed by atoms with Crippen molar-refractivity contribution in [3.05, 3.63) is 18.2 Å². The molecule has 1 aromatic heterocycles.